The summed E-state index contributed by atoms with van der Waals surface area (Å²) < 4.78 is 5.17. The van der Waals surface area contributed by atoms with E-state index in [0.29, 0.717) is 0 Å². The fraction of sp³-hybridized carbons (Fsp3) is 0.538. The van der Waals surface area contributed by atoms with Crippen molar-refractivity contribution in [2.24, 2.45) is 11.8 Å². The summed E-state index contributed by atoms with van der Waals surface area (Å²) in [6.07, 6.45) is 1.37. The van der Waals surface area contributed by atoms with E-state index in [1.54, 1.807) is 7.11 Å². The lowest BCUT2D eigenvalue weighted by atomic mass is 9.64. The molecule has 1 aromatic carbocycles. The molecular formula is C13H17NO. The van der Waals surface area contributed by atoms with E-state index >= 15 is 0 Å². The molecule has 3 rings (SSSR count). The molecule has 1 aromatic rings. The van der Waals surface area contributed by atoms with Gasteiger partial charge in [0.1, 0.15) is 5.75 Å². The second-order valence-corrected chi connectivity index (χ2v) is 4.70. The number of nitrogens with one attached hydrogen (secondary N) is 1. The summed E-state index contributed by atoms with van der Waals surface area (Å²) in [7, 11) is 1.72. The molecule has 1 aliphatic carbocycles. The van der Waals surface area contributed by atoms with Crippen LogP contribution in [0.25, 0.3) is 0 Å². The number of fused-ring (bicyclic) bond motifs is 1. The Morgan fingerprint density at radius 3 is 2.67 bits per heavy atom. The van der Waals surface area contributed by atoms with Crippen LogP contribution in [0.3, 0.4) is 0 Å². The number of benzene rings is 1. The van der Waals surface area contributed by atoms with Crippen molar-refractivity contribution in [2.75, 3.05) is 20.2 Å². The topological polar surface area (TPSA) is 21.3 Å². The van der Waals surface area contributed by atoms with Crippen LogP contribution in [-0.2, 0) is 0 Å². The van der Waals surface area contributed by atoms with E-state index in [1.165, 1.54) is 25.1 Å². The SMILES string of the molecule is COc1ccc([C@@H]2C[C@H]3CNC[C@H]32)cc1. The van der Waals surface area contributed by atoms with Crippen molar-refractivity contribution >= 4 is 0 Å². The Labute approximate surface area is 90.6 Å². The molecule has 2 heteroatoms. The lowest BCUT2D eigenvalue weighted by Gasteiger charge is -2.40. The van der Waals surface area contributed by atoms with E-state index in [0.717, 1.165) is 23.5 Å². The Kier molecular flexibility index (Phi) is 2.17. The van der Waals surface area contributed by atoms with Gasteiger partial charge in [0.25, 0.3) is 0 Å². The summed E-state index contributed by atoms with van der Waals surface area (Å²) in [6.45, 7) is 2.44. The standard InChI is InChI=1S/C13H17NO/c1-15-11-4-2-9(3-5-11)12-6-10-7-14-8-13(10)12/h2-5,10,12-14H,6-8H2,1H3/t10-,12-,13+/m0/s1. The van der Waals surface area contributed by atoms with Crippen LogP contribution in [0, 0.1) is 11.8 Å². The van der Waals surface area contributed by atoms with E-state index in [-0.39, 0.29) is 0 Å². The van der Waals surface area contributed by atoms with Gasteiger partial charge in [0.05, 0.1) is 7.11 Å². The normalized spacial score (nSPS) is 33.3. The van der Waals surface area contributed by atoms with Gasteiger partial charge in [-0.1, -0.05) is 12.1 Å². The summed E-state index contributed by atoms with van der Waals surface area (Å²) in [5.74, 6) is 3.57. The van der Waals surface area contributed by atoms with Crippen LogP contribution in [-0.4, -0.2) is 20.2 Å². The quantitative estimate of drug-likeness (QED) is 0.794. The first-order valence-corrected chi connectivity index (χ1v) is 5.73. The van der Waals surface area contributed by atoms with Crippen LogP contribution in [0.5, 0.6) is 5.75 Å². The maximum atomic E-state index is 5.17. The summed E-state index contributed by atoms with van der Waals surface area (Å²) in [6, 6.07) is 8.59. The highest BCUT2D eigenvalue weighted by molar-refractivity contribution is 5.31. The highest BCUT2D eigenvalue weighted by Gasteiger charge is 2.44. The molecule has 1 aliphatic heterocycles. The van der Waals surface area contributed by atoms with Crippen molar-refractivity contribution in [1.82, 2.24) is 5.32 Å². The highest BCUT2D eigenvalue weighted by atomic mass is 16.5. The van der Waals surface area contributed by atoms with Gasteiger partial charge in [0.2, 0.25) is 0 Å². The van der Waals surface area contributed by atoms with Gasteiger partial charge in [-0.05, 0) is 55.0 Å². The van der Waals surface area contributed by atoms with Crippen LogP contribution in [0.4, 0.5) is 0 Å². The molecule has 0 bridgehead atoms. The minimum Gasteiger partial charge on any atom is -0.497 e. The first kappa shape index (κ1) is 9.22. The molecule has 0 spiro atoms. The number of methoxy groups -OCH3 is 1. The third-order valence-electron chi connectivity index (χ3n) is 4.01. The molecule has 1 saturated carbocycles. The second-order valence-electron chi connectivity index (χ2n) is 4.70. The summed E-state index contributed by atoms with van der Waals surface area (Å²) in [5, 5.41) is 3.48. The van der Waals surface area contributed by atoms with Crippen LogP contribution in [0.2, 0.25) is 0 Å². The third kappa shape index (κ3) is 1.44. The van der Waals surface area contributed by atoms with Gasteiger partial charge >= 0.3 is 0 Å². The average Bonchev–Trinajstić information content (AvgIpc) is 2.61. The Balaban J connectivity index is 1.76. The first-order chi connectivity index (χ1) is 7.38. The third-order valence-corrected chi connectivity index (χ3v) is 4.01. The maximum Gasteiger partial charge on any atom is 0.118 e. The lowest BCUT2D eigenvalue weighted by molar-refractivity contribution is 0.191. The van der Waals surface area contributed by atoms with E-state index in [2.05, 4.69) is 29.6 Å². The van der Waals surface area contributed by atoms with E-state index in [1.807, 2.05) is 0 Å². The minimum absolute atomic E-state index is 0.788. The highest BCUT2D eigenvalue weighted by Crippen LogP contribution is 2.49. The molecule has 15 heavy (non-hydrogen) atoms. The zero-order valence-electron chi connectivity index (χ0n) is 9.07. The van der Waals surface area contributed by atoms with Gasteiger partial charge < -0.3 is 10.1 Å². The predicted octanol–water partition coefficient (Wildman–Crippen LogP) is 2.02. The second kappa shape index (κ2) is 3.53. The van der Waals surface area contributed by atoms with Crippen molar-refractivity contribution < 1.29 is 4.74 Å². The summed E-state index contributed by atoms with van der Waals surface area (Å²) in [4.78, 5) is 0. The van der Waals surface area contributed by atoms with Gasteiger partial charge in [0.15, 0.2) is 0 Å². The Bertz CT molecular complexity index is 346. The molecule has 0 amide bonds. The van der Waals surface area contributed by atoms with E-state index < -0.39 is 0 Å². The number of ether oxygens (including phenoxy) is 1. The first-order valence-electron chi connectivity index (χ1n) is 5.73. The molecule has 0 aromatic heterocycles. The van der Waals surface area contributed by atoms with E-state index in [4.69, 9.17) is 4.74 Å². The monoisotopic (exact) mass is 203 g/mol. The number of hydrogen-bond donors (Lipinski definition) is 1. The molecule has 3 atom stereocenters. The summed E-state index contributed by atoms with van der Waals surface area (Å²) >= 11 is 0. The Morgan fingerprint density at radius 2 is 2.00 bits per heavy atom. The maximum absolute atomic E-state index is 5.17. The fourth-order valence-electron chi connectivity index (χ4n) is 3.02. The minimum atomic E-state index is 0.788. The van der Waals surface area contributed by atoms with Crippen LogP contribution in [0.15, 0.2) is 24.3 Å². The molecule has 2 nitrogen and oxygen atoms in total. The smallest absolute Gasteiger partial charge is 0.118 e. The van der Waals surface area contributed by atoms with Gasteiger partial charge in [-0.25, -0.2) is 0 Å². The van der Waals surface area contributed by atoms with E-state index in [9.17, 15) is 0 Å². The van der Waals surface area contributed by atoms with Crippen molar-refractivity contribution in [2.45, 2.75) is 12.3 Å². The molecule has 0 radical (unpaired) electrons. The molecule has 2 aliphatic rings. The van der Waals surface area contributed by atoms with Crippen molar-refractivity contribution in [3.8, 4) is 5.75 Å². The van der Waals surface area contributed by atoms with Crippen molar-refractivity contribution in [3.63, 3.8) is 0 Å². The predicted molar refractivity (Wildman–Crippen MR) is 60.2 cm³/mol. The van der Waals surface area contributed by atoms with Crippen LogP contribution < -0.4 is 10.1 Å². The molecule has 1 N–H and O–H groups in total. The van der Waals surface area contributed by atoms with Crippen molar-refractivity contribution in [3.05, 3.63) is 29.8 Å². The molecule has 2 fully saturated rings. The van der Waals surface area contributed by atoms with Gasteiger partial charge in [-0.3, -0.25) is 0 Å². The van der Waals surface area contributed by atoms with Crippen LogP contribution >= 0.6 is 0 Å². The molecule has 1 saturated heterocycles. The van der Waals surface area contributed by atoms with Gasteiger partial charge in [-0.2, -0.15) is 0 Å². The Morgan fingerprint density at radius 1 is 1.20 bits per heavy atom. The van der Waals surface area contributed by atoms with Gasteiger partial charge in [-0.15, -0.1) is 0 Å². The fourth-order valence-corrected chi connectivity index (χ4v) is 3.02. The largest absolute Gasteiger partial charge is 0.497 e. The van der Waals surface area contributed by atoms with Crippen molar-refractivity contribution in [1.29, 1.82) is 0 Å². The summed E-state index contributed by atoms with van der Waals surface area (Å²) in [5.41, 5.74) is 1.49. The zero-order chi connectivity index (χ0) is 10.3. The molecule has 1 heterocycles. The molecule has 0 unspecified atom stereocenters. The molecular weight excluding hydrogens is 186 g/mol. The number of rotatable bonds is 2. The average molecular weight is 203 g/mol. The Hall–Kier alpha value is -1.02. The zero-order valence-corrected chi connectivity index (χ0v) is 9.07. The number of hydrogen-bond acceptors (Lipinski definition) is 2. The molecule has 80 valence electrons. The lowest BCUT2D eigenvalue weighted by Crippen LogP contribution is -2.33. The van der Waals surface area contributed by atoms with Gasteiger partial charge in [0, 0.05) is 0 Å². The van der Waals surface area contributed by atoms with Crippen LogP contribution in [0.1, 0.15) is 17.9 Å².